The average Bonchev–Trinajstić information content (AvgIpc) is 2.60. The maximum Gasteiger partial charge on any atom is 0.108 e. The van der Waals surface area contributed by atoms with Crippen LogP contribution in [0.1, 0.15) is 32.8 Å². The average molecular weight is 269 g/mol. The molecule has 0 fully saturated rings. The highest BCUT2D eigenvalue weighted by Gasteiger charge is 2.25. The van der Waals surface area contributed by atoms with Gasteiger partial charge in [-0.05, 0) is 41.4 Å². The minimum atomic E-state index is -0.205. The molecule has 1 aliphatic rings. The highest BCUT2D eigenvalue weighted by Crippen LogP contribution is 2.35. The van der Waals surface area contributed by atoms with E-state index in [9.17, 15) is 10.0 Å². The monoisotopic (exact) mass is 269 g/mol. The molecule has 1 N–H and O–H groups in total. The van der Waals surface area contributed by atoms with Crippen LogP contribution in [0.3, 0.4) is 0 Å². The first-order chi connectivity index (χ1) is 9.43. The van der Waals surface area contributed by atoms with E-state index in [2.05, 4.69) is 25.1 Å². The van der Waals surface area contributed by atoms with Gasteiger partial charge in [0.1, 0.15) is 5.69 Å². The summed E-state index contributed by atoms with van der Waals surface area (Å²) in [6, 6.07) is 7.31. The van der Waals surface area contributed by atoms with Gasteiger partial charge in [0.25, 0.3) is 0 Å². The van der Waals surface area contributed by atoms with Crippen molar-refractivity contribution < 1.29 is 5.11 Å². The fraction of sp³-hybridized carbons (Fsp3) is 0.294. The molecule has 1 aromatic carbocycles. The molecule has 3 heteroatoms. The van der Waals surface area contributed by atoms with E-state index in [0.29, 0.717) is 17.9 Å². The molecule has 0 saturated carbocycles. The number of aliphatic hydroxyl groups excluding tert-OH is 1. The van der Waals surface area contributed by atoms with Crippen LogP contribution in [0.25, 0.3) is 0 Å². The van der Waals surface area contributed by atoms with E-state index in [0.717, 1.165) is 16.7 Å². The Morgan fingerprint density at radius 1 is 1.15 bits per heavy atom. The molecule has 3 nitrogen and oxygen atoms in total. The minimum Gasteiger partial charge on any atom is -0.512 e. The lowest BCUT2D eigenvalue weighted by molar-refractivity contribution is 0.399. The SMILES string of the molecule is CC1=CC(C(C)(C)c2ccc(N=O)cc2)=CC=C(O)C1. The first-order valence-electron chi connectivity index (χ1n) is 6.65. The molecule has 0 aromatic heterocycles. The summed E-state index contributed by atoms with van der Waals surface area (Å²) in [5, 5.41) is 12.6. The van der Waals surface area contributed by atoms with Crippen molar-refractivity contribution in [2.45, 2.75) is 32.6 Å². The summed E-state index contributed by atoms with van der Waals surface area (Å²) in [4.78, 5) is 10.5. The largest absolute Gasteiger partial charge is 0.512 e. The molecule has 0 heterocycles. The number of hydrogen-bond donors (Lipinski definition) is 1. The number of hydrogen-bond acceptors (Lipinski definition) is 3. The van der Waals surface area contributed by atoms with Crippen LogP contribution >= 0.6 is 0 Å². The Kier molecular flexibility index (Phi) is 3.89. The van der Waals surface area contributed by atoms with E-state index in [1.807, 2.05) is 25.1 Å². The second-order valence-corrected chi connectivity index (χ2v) is 5.71. The van der Waals surface area contributed by atoms with Crippen LogP contribution < -0.4 is 0 Å². The summed E-state index contributed by atoms with van der Waals surface area (Å²) in [5.74, 6) is 0.380. The fourth-order valence-electron chi connectivity index (χ4n) is 2.39. The normalized spacial score (nSPS) is 15.8. The second-order valence-electron chi connectivity index (χ2n) is 5.71. The van der Waals surface area contributed by atoms with Gasteiger partial charge in [-0.15, -0.1) is 4.91 Å². The third-order valence-electron chi connectivity index (χ3n) is 3.73. The predicted octanol–water partition coefficient (Wildman–Crippen LogP) is 5.08. The maximum atomic E-state index is 10.5. The zero-order valence-corrected chi connectivity index (χ0v) is 12.1. The van der Waals surface area contributed by atoms with Gasteiger partial charge in [-0.1, -0.05) is 43.7 Å². The van der Waals surface area contributed by atoms with Gasteiger partial charge in [-0.3, -0.25) is 0 Å². The third kappa shape index (κ3) is 2.87. The van der Waals surface area contributed by atoms with Gasteiger partial charge in [0.15, 0.2) is 0 Å². The lowest BCUT2D eigenvalue weighted by Crippen LogP contribution is -2.19. The van der Waals surface area contributed by atoms with Crippen LogP contribution in [0.15, 0.2) is 64.6 Å². The summed E-state index contributed by atoms with van der Waals surface area (Å²) in [5.41, 5.74) is 3.59. The molecular formula is C17H19NO2. The van der Waals surface area contributed by atoms with Crippen molar-refractivity contribution >= 4 is 5.69 Å². The van der Waals surface area contributed by atoms with Crippen molar-refractivity contribution in [1.82, 2.24) is 0 Å². The zero-order valence-electron chi connectivity index (χ0n) is 12.1. The summed E-state index contributed by atoms with van der Waals surface area (Å²) >= 11 is 0. The van der Waals surface area contributed by atoms with Gasteiger partial charge in [-0.2, -0.15) is 0 Å². The number of benzene rings is 1. The molecule has 0 spiro atoms. The standard InChI is InChI=1S/C17H19NO2/c1-12-10-14(6-9-16(19)11-12)17(2,3)13-4-7-15(18-20)8-5-13/h4-10,19H,11H2,1-3H3. The summed E-state index contributed by atoms with van der Waals surface area (Å²) < 4.78 is 0. The Labute approximate surface area is 119 Å². The first-order valence-corrected chi connectivity index (χ1v) is 6.65. The van der Waals surface area contributed by atoms with Crippen molar-refractivity contribution in [3.63, 3.8) is 0 Å². The van der Waals surface area contributed by atoms with Gasteiger partial charge >= 0.3 is 0 Å². The lowest BCUT2D eigenvalue weighted by atomic mass is 9.77. The van der Waals surface area contributed by atoms with Crippen LogP contribution in [0, 0.1) is 4.91 Å². The van der Waals surface area contributed by atoms with Crippen molar-refractivity contribution in [2.24, 2.45) is 5.18 Å². The van der Waals surface area contributed by atoms with Crippen LogP contribution in [0.2, 0.25) is 0 Å². The topological polar surface area (TPSA) is 49.7 Å². The molecular weight excluding hydrogens is 250 g/mol. The molecule has 20 heavy (non-hydrogen) atoms. The molecule has 2 rings (SSSR count). The van der Waals surface area contributed by atoms with Gasteiger partial charge in [0.05, 0.1) is 5.76 Å². The lowest BCUT2D eigenvalue weighted by Gasteiger charge is -2.27. The van der Waals surface area contributed by atoms with Crippen LogP contribution in [-0.2, 0) is 5.41 Å². The van der Waals surface area contributed by atoms with E-state index >= 15 is 0 Å². The zero-order chi connectivity index (χ0) is 14.8. The Morgan fingerprint density at radius 2 is 1.80 bits per heavy atom. The Bertz CT molecular complexity index is 604. The minimum absolute atomic E-state index is 0.205. The third-order valence-corrected chi connectivity index (χ3v) is 3.73. The smallest absolute Gasteiger partial charge is 0.108 e. The van der Waals surface area contributed by atoms with Gasteiger partial charge in [0, 0.05) is 11.8 Å². The number of nitroso groups, excluding NO2 is 1. The summed E-state index contributed by atoms with van der Waals surface area (Å²) in [6.45, 7) is 6.27. The molecule has 0 saturated heterocycles. The summed E-state index contributed by atoms with van der Waals surface area (Å²) in [6.07, 6.45) is 6.42. The van der Waals surface area contributed by atoms with Crippen molar-refractivity contribution in [3.8, 4) is 0 Å². The van der Waals surface area contributed by atoms with Crippen LogP contribution in [-0.4, -0.2) is 5.11 Å². The summed E-state index contributed by atoms with van der Waals surface area (Å²) in [7, 11) is 0. The number of rotatable bonds is 3. The molecule has 0 atom stereocenters. The Balaban J connectivity index is 2.42. The molecule has 0 radical (unpaired) electrons. The molecule has 104 valence electrons. The molecule has 1 aliphatic carbocycles. The fourth-order valence-corrected chi connectivity index (χ4v) is 2.39. The van der Waals surface area contributed by atoms with Crippen molar-refractivity contribution in [1.29, 1.82) is 0 Å². The quantitative estimate of drug-likeness (QED) is 0.778. The van der Waals surface area contributed by atoms with Gasteiger partial charge in [0.2, 0.25) is 0 Å². The number of aliphatic hydroxyl groups is 1. The second kappa shape index (κ2) is 5.45. The highest BCUT2D eigenvalue weighted by molar-refractivity contribution is 5.48. The molecule has 0 unspecified atom stereocenters. The highest BCUT2D eigenvalue weighted by atomic mass is 16.3. The number of allylic oxidation sites excluding steroid dienone is 5. The Hall–Kier alpha value is -2.16. The van der Waals surface area contributed by atoms with Gasteiger partial charge in [-0.25, -0.2) is 0 Å². The first kappa shape index (κ1) is 14.3. The van der Waals surface area contributed by atoms with Crippen LogP contribution in [0.5, 0.6) is 0 Å². The number of nitrogens with zero attached hydrogens (tertiary/aromatic N) is 1. The molecule has 0 bridgehead atoms. The van der Waals surface area contributed by atoms with E-state index in [4.69, 9.17) is 0 Å². The molecule has 1 aromatic rings. The van der Waals surface area contributed by atoms with Gasteiger partial charge < -0.3 is 5.11 Å². The molecule has 0 aliphatic heterocycles. The maximum absolute atomic E-state index is 10.5. The Morgan fingerprint density at radius 3 is 2.40 bits per heavy atom. The van der Waals surface area contributed by atoms with Crippen LogP contribution in [0.4, 0.5) is 5.69 Å². The van der Waals surface area contributed by atoms with E-state index < -0.39 is 0 Å². The van der Waals surface area contributed by atoms with E-state index in [-0.39, 0.29) is 5.41 Å². The van der Waals surface area contributed by atoms with E-state index in [1.54, 1.807) is 18.2 Å². The van der Waals surface area contributed by atoms with Crippen molar-refractivity contribution in [3.05, 3.63) is 69.9 Å². The van der Waals surface area contributed by atoms with Crippen molar-refractivity contribution in [2.75, 3.05) is 0 Å². The van der Waals surface area contributed by atoms with E-state index in [1.165, 1.54) is 0 Å². The molecule has 0 amide bonds. The predicted molar refractivity (Wildman–Crippen MR) is 82.1 cm³/mol.